The van der Waals surface area contributed by atoms with Gasteiger partial charge in [0.2, 0.25) is 0 Å². The molecule has 0 aliphatic rings. The zero-order valence-electron chi connectivity index (χ0n) is 7.11. The molecule has 0 aromatic carbocycles. The average Bonchev–Trinajstić information content (AvgIpc) is 1.98. The minimum atomic E-state index is -1.03. The van der Waals surface area contributed by atoms with Gasteiger partial charge in [0.25, 0.3) is 0 Å². The smallest absolute Gasteiger partial charge is 0.324 e. The second-order valence-corrected chi connectivity index (χ2v) is 4.90. The Hall–Kier alpha value is 0.340. The number of ether oxygens (including phenoxy) is 1. The second kappa shape index (κ2) is 4.54. The molecular weight excluding hydrogens is 222 g/mol. The fourth-order valence-corrected chi connectivity index (χ4v) is 1.30. The Kier molecular flexibility index (Phi) is 4.67. The summed E-state index contributed by atoms with van der Waals surface area (Å²) in [6, 6.07) is 0. The number of carbonyl (C=O) groups is 1. The second-order valence-electron chi connectivity index (χ2n) is 2.67. The molecule has 0 aromatic heterocycles. The summed E-state index contributed by atoms with van der Waals surface area (Å²) in [5.74, 6) is -0.883. The van der Waals surface area contributed by atoms with Crippen molar-refractivity contribution < 1.29 is 9.53 Å². The van der Waals surface area contributed by atoms with Gasteiger partial charge in [-0.25, -0.2) is 0 Å². The lowest BCUT2D eigenvalue weighted by atomic mass is 10.0. The predicted molar refractivity (Wildman–Crippen MR) is 50.9 cm³/mol. The first-order chi connectivity index (χ1) is 5.30. The maximum atomic E-state index is 10.9. The standard InChI is InChI=1S/C7H11Cl3O2/c1-4(7(2,9)10)5(8)6(11)12-3/h4-5H,1-3H3. The van der Waals surface area contributed by atoms with Crippen LogP contribution in [-0.4, -0.2) is 22.8 Å². The van der Waals surface area contributed by atoms with Crippen LogP contribution >= 0.6 is 34.8 Å². The molecule has 0 N–H and O–H groups in total. The molecule has 0 aromatic rings. The van der Waals surface area contributed by atoms with Gasteiger partial charge in [-0.1, -0.05) is 6.92 Å². The largest absolute Gasteiger partial charge is 0.468 e. The van der Waals surface area contributed by atoms with Crippen LogP contribution in [0.3, 0.4) is 0 Å². The van der Waals surface area contributed by atoms with E-state index >= 15 is 0 Å². The van der Waals surface area contributed by atoms with Crippen LogP contribution in [0.15, 0.2) is 0 Å². The molecule has 12 heavy (non-hydrogen) atoms. The molecule has 0 aliphatic heterocycles. The van der Waals surface area contributed by atoms with Crippen molar-refractivity contribution in [2.75, 3.05) is 7.11 Å². The average molecular weight is 234 g/mol. The fraction of sp³-hybridized carbons (Fsp3) is 0.857. The molecule has 0 heterocycles. The molecule has 0 saturated heterocycles. The van der Waals surface area contributed by atoms with Crippen molar-refractivity contribution in [1.82, 2.24) is 0 Å². The first-order valence-electron chi connectivity index (χ1n) is 3.40. The van der Waals surface area contributed by atoms with Gasteiger partial charge in [0.05, 0.1) is 7.11 Å². The van der Waals surface area contributed by atoms with Crippen LogP contribution < -0.4 is 0 Å². The van der Waals surface area contributed by atoms with Crippen molar-refractivity contribution in [2.24, 2.45) is 5.92 Å². The van der Waals surface area contributed by atoms with Gasteiger partial charge in [-0.15, -0.1) is 34.8 Å². The molecule has 0 saturated carbocycles. The summed E-state index contributed by atoms with van der Waals surface area (Å²) in [6.45, 7) is 3.27. The zero-order valence-corrected chi connectivity index (χ0v) is 9.37. The summed E-state index contributed by atoms with van der Waals surface area (Å²) in [6.07, 6.45) is 0. The fourth-order valence-electron chi connectivity index (χ4n) is 0.574. The summed E-state index contributed by atoms with van der Waals surface area (Å²) >= 11 is 17.2. The van der Waals surface area contributed by atoms with E-state index in [4.69, 9.17) is 34.8 Å². The van der Waals surface area contributed by atoms with Gasteiger partial charge in [-0.2, -0.15) is 0 Å². The summed E-state index contributed by atoms with van der Waals surface area (Å²) in [4.78, 5) is 10.9. The zero-order chi connectivity index (χ0) is 9.94. The van der Waals surface area contributed by atoms with Gasteiger partial charge in [-0.05, 0) is 6.92 Å². The van der Waals surface area contributed by atoms with Crippen LogP contribution in [0.25, 0.3) is 0 Å². The van der Waals surface area contributed by atoms with Gasteiger partial charge >= 0.3 is 5.97 Å². The van der Waals surface area contributed by atoms with Crippen molar-refractivity contribution in [3.8, 4) is 0 Å². The first-order valence-corrected chi connectivity index (χ1v) is 4.59. The third-order valence-electron chi connectivity index (χ3n) is 1.66. The van der Waals surface area contributed by atoms with E-state index in [0.717, 1.165) is 0 Å². The highest BCUT2D eigenvalue weighted by atomic mass is 35.5. The van der Waals surface area contributed by atoms with Gasteiger partial charge < -0.3 is 4.74 Å². The molecule has 5 heteroatoms. The normalized spacial score (nSPS) is 16.8. The number of methoxy groups -OCH3 is 1. The van der Waals surface area contributed by atoms with Gasteiger partial charge in [-0.3, -0.25) is 4.79 Å². The van der Waals surface area contributed by atoms with Gasteiger partial charge in [0, 0.05) is 5.92 Å². The van der Waals surface area contributed by atoms with Crippen molar-refractivity contribution >= 4 is 40.8 Å². The topological polar surface area (TPSA) is 26.3 Å². The number of hydrogen-bond acceptors (Lipinski definition) is 2. The number of alkyl halides is 3. The monoisotopic (exact) mass is 232 g/mol. The number of hydrogen-bond donors (Lipinski definition) is 0. The van der Waals surface area contributed by atoms with E-state index in [-0.39, 0.29) is 5.92 Å². The summed E-state index contributed by atoms with van der Waals surface area (Å²) in [5.41, 5.74) is 0. The highest BCUT2D eigenvalue weighted by Crippen LogP contribution is 2.34. The third kappa shape index (κ3) is 3.38. The number of carbonyl (C=O) groups excluding carboxylic acids is 1. The van der Waals surface area contributed by atoms with Crippen molar-refractivity contribution in [3.05, 3.63) is 0 Å². The Morgan fingerprint density at radius 3 is 2.17 bits per heavy atom. The quantitative estimate of drug-likeness (QED) is 0.553. The molecule has 2 unspecified atom stereocenters. The van der Waals surface area contributed by atoms with Crippen LogP contribution in [0.2, 0.25) is 0 Å². The summed E-state index contributed by atoms with van der Waals surface area (Å²) in [5, 5.41) is -0.810. The lowest BCUT2D eigenvalue weighted by Crippen LogP contribution is -2.33. The van der Waals surface area contributed by atoms with Gasteiger partial charge in [0.15, 0.2) is 0 Å². The van der Waals surface area contributed by atoms with Crippen LogP contribution in [0.5, 0.6) is 0 Å². The minimum Gasteiger partial charge on any atom is -0.468 e. The number of halogens is 3. The van der Waals surface area contributed by atoms with E-state index in [1.165, 1.54) is 7.11 Å². The van der Waals surface area contributed by atoms with E-state index in [0.29, 0.717) is 0 Å². The molecule has 0 rings (SSSR count). The van der Waals surface area contributed by atoms with E-state index in [1.807, 2.05) is 0 Å². The third-order valence-corrected chi connectivity index (χ3v) is 2.91. The molecule has 0 fully saturated rings. The molecule has 0 spiro atoms. The Balaban J connectivity index is 4.29. The molecule has 72 valence electrons. The van der Waals surface area contributed by atoms with Crippen molar-refractivity contribution in [1.29, 1.82) is 0 Å². The number of esters is 1. The van der Waals surface area contributed by atoms with Gasteiger partial charge in [0.1, 0.15) is 9.71 Å². The lowest BCUT2D eigenvalue weighted by molar-refractivity contribution is -0.141. The van der Waals surface area contributed by atoms with Crippen molar-refractivity contribution in [3.63, 3.8) is 0 Å². The maximum Gasteiger partial charge on any atom is 0.324 e. The lowest BCUT2D eigenvalue weighted by Gasteiger charge is -2.24. The molecule has 0 radical (unpaired) electrons. The van der Waals surface area contributed by atoms with E-state index in [1.54, 1.807) is 13.8 Å². The molecular formula is C7H11Cl3O2. The van der Waals surface area contributed by atoms with Crippen LogP contribution in [-0.2, 0) is 9.53 Å². The molecule has 2 atom stereocenters. The predicted octanol–water partition coefficient (Wildman–Crippen LogP) is 2.60. The van der Waals surface area contributed by atoms with E-state index < -0.39 is 15.7 Å². The van der Waals surface area contributed by atoms with Crippen LogP contribution in [0, 0.1) is 5.92 Å². The molecule has 0 amide bonds. The molecule has 2 nitrogen and oxygen atoms in total. The SMILES string of the molecule is COC(=O)C(Cl)C(C)C(C)(Cl)Cl. The Bertz CT molecular complexity index is 165. The minimum absolute atomic E-state index is 0.366. The maximum absolute atomic E-state index is 10.9. The Morgan fingerprint density at radius 2 is 1.92 bits per heavy atom. The van der Waals surface area contributed by atoms with E-state index in [2.05, 4.69) is 4.74 Å². The van der Waals surface area contributed by atoms with E-state index in [9.17, 15) is 4.79 Å². The van der Waals surface area contributed by atoms with Crippen molar-refractivity contribution in [2.45, 2.75) is 23.6 Å². The highest BCUT2D eigenvalue weighted by molar-refractivity contribution is 6.49. The molecule has 0 aliphatic carbocycles. The number of rotatable bonds is 3. The first kappa shape index (κ1) is 12.3. The Labute approximate surface area is 87.1 Å². The summed E-state index contributed by atoms with van der Waals surface area (Å²) < 4.78 is 3.41. The molecule has 0 bridgehead atoms. The highest BCUT2D eigenvalue weighted by Gasteiger charge is 2.35. The van der Waals surface area contributed by atoms with Crippen LogP contribution in [0.4, 0.5) is 0 Å². The summed E-state index contributed by atoms with van der Waals surface area (Å²) in [7, 11) is 1.27. The van der Waals surface area contributed by atoms with Crippen LogP contribution in [0.1, 0.15) is 13.8 Å². The Morgan fingerprint density at radius 1 is 1.50 bits per heavy atom.